The molecule has 0 saturated carbocycles. The number of benzene rings is 1. The molecule has 16 heavy (non-hydrogen) atoms. The van der Waals surface area contributed by atoms with Crippen LogP contribution in [0, 0.1) is 0 Å². The smallest absolute Gasteiger partial charge is 0.387 e. The maximum absolute atomic E-state index is 12.0. The van der Waals surface area contributed by atoms with E-state index in [0.29, 0.717) is 0 Å². The van der Waals surface area contributed by atoms with Gasteiger partial charge in [0.05, 0.1) is 6.61 Å². The van der Waals surface area contributed by atoms with Crippen LogP contribution >= 0.6 is 0 Å². The highest BCUT2D eigenvalue weighted by molar-refractivity contribution is 5.93. The minimum absolute atomic E-state index is 0.109. The summed E-state index contributed by atoms with van der Waals surface area (Å²) in [6.07, 6.45) is 0. The van der Waals surface area contributed by atoms with Crippen LogP contribution in [0.2, 0.25) is 0 Å². The zero-order valence-electron chi connectivity index (χ0n) is 8.57. The van der Waals surface area contributed by atoms with Crippen LogP contribution in [0.5, 0.6) is 5.75 Å². The van der Waals surface area contributed by atoms with Gasteiger partial charge in [0.2, 0.25) is 0 Å². The van der Waals surface area contributed by atoms with E-state index in [1.165, 1.54) is 18.2 Å². The molecule has 6 heteroatoms. The minimum atomic E-state index is -3.00. The summed E-state index contributed by atoms with van der Waals surface area (Å²) in [5.41, 5.74) is 5.60. The molecule has 0 aromatic heterocycles. The van der Waals surface area contributed by atoms with Gasteiger partial charge in [0.1, 0.15) is 11.3 Å². The Balaban J connectivity index is 3.02. The highest BCUT2D eigenvalue weighted by atomic mass is 19.3. The zero-order valence-corrected chi connectivity index (χ0v) is 8.57. The van der Waals surface area contributed by atoms with Crippen LogP contribution in [-0.4, -0.2) is 19.2 Å². The summed E-state index contributed by atoms with van der Waals surface area (Å²) in [5, 5.41) is 0. The molecule has 0 aliphatic heterocycles. The third-order valence-electron chi connectivity index (χ3n) is 1.72. The fraction of sp³-hybridized carbons (Fsp3) is 0.300. The number of nitrogens with two attached hydrogens (primary N) is 1. The van der Waals surface area contributed by atoms with Crippen molar-refractivity contribution < 1.29 is 23.0 Å². The number of rotatable bonds is 4. The topological polar surface area (TPSA) is 61.5 Å². The van der Waals surface area contributed by atoms with Crippen molar-refractivity contribution in [3.63, 3.8) is 0 Å². The molecular formula is C10H11F2NO3. The lowest BCUT2D eigenvalue weighted by molar-refractivity contribution is -0.0504. The van der Waals surface area contributed by atoms with E-state index in [4.69, 9.17) is 5.73 Å². The summed E-state index contributed by atoms with van der Waals surface area (Å²) in [7, 11) is 0. The van der Waals surface area contributed by atoms with Gasteiger partial charge in [0, 0.05) is 5.69 Å². The van der Waals surface area contributed by atoms with E-state index in [-0.39, 0.29) is 23.6 Å². The van der Waals surface area contributed by atoms with E-state index in [1.54, 1.807) is 6.92 Å². The molecule has 0 radical (unpaired) electrons. The fourth-order valence-electron chi connectivity index (χ4n) is 1.11. The molecule has 0 atom stereocenters. The first-order chi connectivity index (χ1) is 7.54. The van der Waals surface area contributed by atoms with Crippen LogP contribution in [0.4, 0.5) is 14.5 Å². The molecule has 1 aromatic rings. The van der Waals surface area contributed by atoms with Crippen molar-refractivity contribution in [2.24, 2.45) is 0 Å². The molecule has 0 aliphatic carbocycles. The number of anilines is 1. The number of alkyl halides is 2. The molecule has 0 unspecified atom stereocenters. The molecule has 0 bridgehead atoms. The highest BCUT2D eigenvalue weighted by Gasteiger charge is 2.16. The van der Waals surface area contributed by atoms with Gasteiger partial charge in [-0.25, -0.2) is 4.79 Å². The Morgan fingerprint density at radius 3 is 2.75 bits per heavy atom. The summed E-state index contributed by atoms with van der Waals surface area (Å²) in [4.78, 5) is 11.4. The molecule has 1 aromatic carbocycles. The first-order valence-corrected chi connectivity index (χ1v) is 4.56. The molecule has 88 valence electrons. The van der Waals surface area contributed by atoms with E-state index < -0.39 is 12.6 Å². The Labute approximate surface area is 91.0 Å². The highest BCUT2D eigenvalue weighted by Crippen LogP contribution is 2.24. The SMILES string of the molecule is CCOC(=O)c1cc(N)ccc1OC(F)F. The monoisotopic (exact) mass is 231 g/mol. The predicted octanol–water partition coefficient (Wildman–Crippen LogP) is 2.05. The van der Waals surface area contributed by atoms with Crippen molar-refractivity contribution in [3.05, 3.63) is 23.8 Å². The van der Waals surface area contributed by atoms with E-state index in [1.807, 2.05) is 0 Å². The Morgan fingerprint density at radius 1 is 1.50 bits per heavy atom. The number of ether oxygens (including phenoxy) is 2. The number of hydrogen-bond acceptors (Lipinski definition) is 4. The first-order valence-electron chi connectivity index (χ1n) is 4.56. The summed E-state index contributed by atoms with van der Waals surface area (Å²) >= 11 is 0. The van der Waals surface area contributed by atoms with Gasteiger partial charge in [-0.15, -0.1) is 0 Å². The van der Waals surface area contributed by atoms with Crippen molar-refractivity contribution in [1.29, 1.82) is 0 Å². The summed E-state index contributed by atoms with van der Waals surface area (Å²) in [6.45, 7) is -1.25. The third-order valence-corrected chi connectivity index (χ3v) is 1.72. The van der Waals surface area contributed by atoms with Crippen molar-refractivity contribution in [3.8, 4) is 5.75 Å². The quantitative estimate of drug-likeness (QED) is 0.636. The fourth-order valence-corrected chi connectivity index (χ4v) is 1.11. The minimum Gasteiger partial charge on any atom is -0.462 e. The molecule has 0 fully saturated rings. The standard InChI is InChI=1S/C10H11F2NO3/c1-2-15-9(14)7-5-6(13)3-4-8(7)16-10(11)12/h3-5,10H,2,13H2,1H3. The van der Waals surface area contributed by atoms with Gasteiger partial charge in [-0.1, -0.05) is 0 Å². The largest absolute Gasteiger partial charge is 0.462 e. The predicted molar refractivity (Wildman–Crippen MR) is 53.4 cm³/mol. The van der Waals surface area contributed by atoms with Crippen LogP contribution in [0.3, 0.4) is 0 Å². The Hall–Kier alpha value is -1.85. The van der Waals surface area contributed by atoms with Gasteiger partial charge in [-0.05, 0) is 25.1 Å². The maximum Gasteiger partial charge on any atom is 0.387 e. The second kappa shape index (κ2) is 5.29. The molecule has 0 aliphatic rings. The van der Waals surface area contributed by atoms with Gasteiger partial charge >= 0.3 is 12.6 Å². The van der Waals surface area contributed by atoms with Crippen molar-refractivity contribution >= 4 is 11.7 Å². The number of esters is 1. The summed E-state index contributed by atoms with van der Waals surface area (Å²) in [5.74, 6) is -0.992. The van der Waals surface area contributed by atoms with Gasteiger partial charge < -0.3 is 15.2 Å². The molecule has 0 saturated heterocycles. The van der Waals surface area contributed by atoms with Crippen LogP contribution in [-0.2, 0) is 4.74 Å². The third kappa shape index (κ3) is 3.08. The van der Waals surface area contributed by atoms with Crippen LogP contribution in [0.15, 0.2) is 18.2 Å². The average molecular weight is 231 g/mol. The molecule has 2 N–H and O–H groups in total. The normalized spacial score (nSPS) is 10.2. The maximum atomic E-state index is 12.0. The number of carbonyl (C=O) groups is 1. The molecular weight excluding hydrogens is 220 g/mol. The Morgan fingerprint density at radius 2 is 2.19 bits per heavy atom. The molecule has 1 rings (SSSR count). The number of halogens is 2. The second-order valence-corrected chi connectivity index (χ2v) is 2.85. The first kappa shape index (κ1) is 12.2. The van der Waals surface area contributed by atoms with Gasteiger partial charge in [-0.3, -0.25) is 0 Å². The lowest BCUT2D eigenvalue weighted by atomic mass is 10.2. The van der Waals surface area contributed by atoms with Crippen LogP contribution in [0.25, 0.3) is 0 Å². The Kier molecular flexibility index (Phi) is 4.04. The summed E-state index contributed by atoms with van der Waals surface area (Å²) in [6, 6.07) is 3.80. The molecule has 4 nitrogen and oxygen atoms in total. The molecule has 0 amide bonds. The van der Waals surface area contributed by atoms with Crippen molar-refractivity contribution in [1.82, 2.24) is 0 Å². The Bertz CT molecular complexity index is 382. The van der Waals surface area contributed by atoms with E-state index >= 15 is 0 Å². The number of nitrogen functional groups attached to an aromatic ring is 1. The zero-order chi connectivity index (χ0) is 12.1. The van der Waals surface area contributed by atoms with Crippen LogP contribution in [0.1, 0.15) is 17.3 Å². The number of hydrogen-bond donors (Lipinski definition) is 1. The average Bonchev–Trinajstić information content (AvgIpc) is 2.20. The lowest BCUT2D eigenvalue weighted by Crippen LogP contribution is -2.11. The van der Waals surface area contributed by atoms with Gasteiger partial charge in [-0.2, -0.15) is 8.78 Å². The van der Waals surface area contributed by atoms with Crippen molar-refractivity contribution in [2.75, 3.05) is 12.3 Å². The van der Waals surface area contributed by atoms with E-state index in [2.05, 4.69) is 9.47 Å². The van der Waals surface area contributed by atoms with Crippen molar-refractivity contribution in [2.45, 2.75) is 13.5 Å². The van der Waals surface area contributed by atoms with E-state index in [9.17, 15) is 13.6 Å². The second-order valence-electron chi connectivity index (χ2n) is 2.85. The van der Waals surface area contributed by atoms with E-state index in [0.717, 1.165) is 0 Å². The molecule has 0 spiro atoms. The van der Waals surface area contributed by atoms with Crippen LogP contribution < -0.4 is 10.5 Å². The number of carbonyl (C=O) groups excluding carboxylic acids is 1. The van der Waals surface area contributed by atoms with Gasteiger partial charge in [0.15, 0.2) is 0 Å². The molecule has 0 heterocycles. The van der Waals surface area contributed by atoms with Gasteiger partial charge in [0.25, 0.3) is 0 Å². The lowest BCUT2D eigenvalue weighted by Gasteiger charge is -2.10. The summed E-state index contributed by atoms with van der Waals surface area (Å²) < 4.78 is 33.0.